The Hall–Kier alpha value is -2.01. The van der Waals surface area contributed by atoms with E-state index in [0.717, 1.165) is 41.8 Å². The number of amides is 1. The van der Waals surface area contributed by atoms with E-state index in [-0.39, 0.29) is 52.3 Å². The smallest absolute Gasteiger partial charge is 0.263 e. The van der Waals surface area contributed by atoms with Crippen LogP contribution >= 0.6 is 11.3 Å². The maximum atomic E-state index is 13.3. The Morgan fingerprint density at radius 1 is 1.16 bits per heavy atom. The number of aromatic nitrogens is 1. The lowest BCUT2D eigenvalue weighted by atomic mass is 9.47. The first-order valence-electron chi connectivity index (χ1n) is 13.6. The van der Waals surface area contributed by atoms with Crippen LogP contribution in [-0.4, -0.2) is 48.3 Å². The van der Waals surface area contributed by atoms with Crippen LogP contribution < -0.4 is 10.0 Å². The number of carbonyl (C=O) groups is 1. The van der Waals surface area contributed by atoms with Gasteiger partial charge in [0.1, 0.15) is 0 Å². The fourth-order valence-corrected chi connectivity index (χ4v) is 9.43. The van der Waals surface area contributed by atoms with Crippen molar-refractivity contribution in [1.29, 1.82) is 0 Å². The molecule has 0 bridgehead atoms. The van der Waals surface area contributed by atoms with E-state index >= 15 is 0 Å². The molecule has 1 heterocycles. The molecule has 10 heteroatoms. The van der Waals surface area contributed by atoms with E-state index in [0.29, 0.717) is 19.3 Å². The number of aliphatic hydroxyl groups is 2. The van der Waals surface area contributed by atoms with Gasteiger partial charge in [-0.1, -0.05) is 44.4 Å². The van der Waals surface area contributed by atoms with Crippen LogP contribution in [0.4, 0.5) is 5.13 Å². The van der Waals surface area contributed by atoms with Gasteiger partial charge in [-0.05, 0) is 62.5 Å². The van der Waals surface area contributed by atoms with Crippen LogP contribution in [-0.2, 0) is 21.2 Å². The minimum atomic E-state index is -3.82. The normalized spacial score (nSPS) is 31.4. The highest BCUT2D eigenvalue weighted by molar-refractivity contribution is 7.93. The van der Waals surface area contributed by atoms with E-state index in [9.17, 15) is 23.4 Å². The van der Waals surface area contributed by atoms with E-state index in [2.05, 4.69) is 17.0 Å². The zero-order valence-electron chi connectivity index (χ0n) is 22.4. The number of aliphatic hydroxyl groups excluding tert-OH is 2. The summed E-state index contributed by atoms with van der Waals surface area (Å²) in [6.07, 6.45) is 5.67. The largest absolute Gasteiger partial charge is 0.396 e. The summed E-state index contributed by atoms with van der Waals surface area (Å²) in [5.41, 5.74) is 0.639. The van der Waals surface area contributed by atoms with E-state index in [1.807, 2.05) is 13.8 Å². The number of rotatable bonds is 7. The Bertz CT molecular complexity index is 1290. The zero-order valence-corrected chi connectivity index (χ0v) is 24.0. The number of sulfonamides is 1. The van der Waals surface area contributed by atoms with Crippen LogP contribution in [0.3, 0.4) is 0 Å². The molecule has 208 valence electrons. The molecule has 5 rings (SSSR count). The van der Waals surface area contributed by atoms with Gasteiger partial charge in [-0.2, -0.15) is 0 Å². The molecular weight excluding hydrogens is 522 g/mol. The van der Waals surface area contributed by atoms with E-state index in [1.54, 1.807) is 24.3 Å². The molecule has 3 aliphatic rings. The Kier molecular flexibility index (Phi) is 7.39. The maximum Gasteiger partial charge on any atom is 0.263 e. The van der Waals surface area contributed by atoms with Crippen LogP contribution in [0.15, 0.2) is 29.2 Å². The lowest BCUT2D eigenvalue weighted by molar-refractivity contribution is -0.144. The van der Waals surface area contributed by atoms with E-state index < -0.39 is 21.5 Å². The summed E-state index contributed by atoms with van der Waals surface area (Å²) >= 11 is 1.29. The van der Waals surface area contributed by atoms with Gasteiger partial charge in [-0.15, -0.1) is 11.3 Å². The molecule has 1 amide bonds. The molecular formula is C28H39N3O5S2. The Morgan fingerprint density at radius 2 is 1.84 bits per heavy atom. The summed E-state index contributed by atoms with van der Waals surface area (Å²) in [4.78, 5) is 19.2. The second kappa shape index (κ2) is 10.2. The standard InChI is InChI=1S/C28H39N3O5S2/c1-17-8-10-19(11-9-17)38(35,36)31-26-30-25-20(14-24(34)29-18-6-4-5-7-18)27(2)13-12-23(33)28(3,16-32)22(27)15-21(25)37-26/h8-11,18,20,22-23,32-33H,4-7,12-16H2,1-3H3,(H,29,34)(H,30,31). The third-order valence-corrected chi connectivity index (χ3v) is 12.0. The molecule has 3 aliphatic carbocycles. The fraction of sp³-hybridized carbons (Fsp3) is 0.643. The molecule has 1 aromatic carbocycles. The van der Waals surface area contributed by atoms with Crippen molar-refractivity contribution in [2.45, 2.75) is 95.1 Å². The highest BCUT2D eigenvalue weighted by Crippen LogP contribution is 2.62. The van der Waals surface area contributed by atoms with Gasteiger partial charge in [0.25, 0.3) is 10.0 Å². The molecule has 38 heavy (non-hydrogen) atoms. The molecule has 0 radical (unpaired) electrons. The van der Waals surface area contributed by atoms with E-state index in [4.69, 9.17) is 4.98 Å². The molecule has 2 aromatic rings. The van der Waals surface area contributed by atoms with Crippen LogP contribution in [0.1, 0.15) is 80.8 Å². The highest BCUT2D eigenvalue weighted by atomic mass is 32.2. The molecule has 2 saturated carbocycles. The first kappa shape index (κ1) is 27.6. The van der Waals surface area contributed by atoms with Crippen molar-refractivity contribution < 1.29 is 23.4 Å². The predicted octanol–water partition coefficient (Wildman–Crippen LogP) is 4.12. The average molecular weight is 562 g/mol. The molecule has 5 atom stereocenters. The van der Waals surface area contributed by atoms with Crippen molar-refractivity contribution in [3.63, 3.8) is 0 Å². The van der Waals surface area contributed by atoms with Crippen LogP contribution in [0, 0.1) is 23.7 Å². The molecule has 0 aliphatic heterocycles. The average Bonchev–Trinajstić information content (AvgIpc) is 3.52. The van der Waals surface area contributed by atoms with Crippen molar-refractivity contribution in [2.75, 3.05) is 11.3 Å². The van der Waals surface area contributed by atoms with Gasteiger partial charge in [0.15, 0.2) is 5.13 Å². The van der Waals surface area contributed by atoms with Gasteiger partial charge >= 0.3 is 0 Å². The number of hydrogen-bond acceptors (Lipinski definition) is 7. The number of benzene rings is 1. The van der Waals surface area contributed by atoms with Crippen molar-refractivity contribution >= 4 is 32.4 Å². The molecule has 4 N–H and O–H groups in total. The molecule has 8 nitrogen and oxygen atoms in total. The first-order chi connectivity index (χ1) is 18.0. The van der Waals surface area contributed by atoms with E-state index in [1.165, 1.54) is 11.3 Å². The molecule has 0 saturated heterocycles. The molecule has 5 unspecified atom stereocenters. The quantitative estimate of drug-likeness (QED) is 0.403. The minimum absolute atomic E-state index is 0.0127. The van der Waals surface area contributed by atoms with Gasteiger partial charge in [0.05, 0.1) is 23.3 Å². The Labute approximate surface area is 229 Å². The lowest BCUT2D eigenvalue weighted by Gasteiger charge is -2.58. The number of fused-ring (bicyclic) bond motifs is 2. The van der Waals surface area contributed by atoms with Crippen LogP contribution in [0.5, 0.6) is 0 Å². The summed E-state index contributed by atoms with van der Waals surface area (Å²) in [5, 5.41) is 24.9. The molecule has 2 fully saturated rings. The third-order valence-electron chi connectivity index (χ3n) is 9.56. The van der Waals surface area contributed by atoms with Crippen LogP contribution in [0.2, 0.25) is 0 Å². The molecule has 1 aromatic heterocycles. The fourth-order valence-electron chi connectivity index (χ4n) is 7.12. The summed E-state index contributed by atoms with van der Waals surface area (Å²) in [6.45, 7) is 5.83. The van der Waals surface area contributed by atoms with Crippen LogP contribution in [0.25, 0.3) is 0 Å². The number of anilines is 1. The zero-order chi connectivity index (χ0) is 27.3. The second-order valence-electron chi connectivity index (χ2n) is 12.0. The topological polar surface area (TPSA) is 129 Å². The second-order valence-corrected chi connectivity index (χ2v) is 14.8. The van der Waals surface area contributed by atoms with Crippen molar-refractivity contribution in [3.8, 4) is 0 Å². The minimum Gasteiger partial charge on any atom is -0.396 e. The lowest BCUT2D eigenvalue weighted by Crippen LogP contribution is -2.57. The van der Waals surface area contributed by atoms with Gasteiger partial charge in [-0.25, -0.2) is 13.4 Å². The summed E-state index contributed by atoms with van der Waals surface area (Å²) in [6, 6.07) is 6.87. The summed E-state index contributed by atoms with van der Waals surface area (Å²) in [5.74, 6) is -0.339. The SMILES string of the molecule is Cc1ccc(S(=O)(=O)Nc2nc3c(s2)CC2C(C)(CO)C(O)CCC2(C)C3CC(=O)NC2CCCC2)cc1. The van der Waals surface area contributed by atoms with Crippen molar-refractivity contribution in [2.24, 2.45) is 16.7 Å². The number of thiazole rings is 1. The number of hydrogen-bond donors (Lipinski definition) is 4. The number of aryl methyl sites for hydroxylation is 1. The van der Waals surface area contributed by atoms with Gasteiger partial charge in [-0.3, -0.25) is 9.52 Å². The highest BCUT2D eigenvalue weighted by Gasteiger charge is 2.59. The predicted molar refractivity (Wildman–Crippen MR) is 148 cm³/mol. The maximum absolute atomic E-state index is 13.3. The van der Waals surface area contributed by atoms with Crippen molar-refractivity contribution in [1.82, 2.24) is 10.3 Å². The van der Waals surface area contributed by atoms with Gasteiger partial charge in [0.2, 0.25) is 5.91 Å². The Morgan fingerprint density at radius 3 is 2.50 bits per heavy atom. The number of nitrogens with one attached hydrogen (secondary N) is 2. The first-order valence-corrected chi connectivity index (χ1v) is 15.9. The molecule has 0 spiro atoms. The monoisotopic (exact) mass is 561 g/mol. The third kappa shape index (κ3) is 4.89. The number of carbonyl (C=O) groups excluding carboxylic acids is 1. The Balaban J connectivity index is 1.50. The van der Waals surface area contributed by atoms with Crippen molar-refractivity contribution in [3.05, 3.63) is 40.4 Å². The van der Waals surface area contributed by atoms with Gasteiger partial charge < -0.3 is 15.5 Å². The summed E-state index contributed by atoms with van der Waals surface area (Å²) in [7, 11) is -3.82. The van der Waals surface area contributed by atoms with Gasteiger partial charge in [0, 0.05) is 28.7 Å². The number of nitrogens with zero attached hydrogens (tertiary/aromatic N) is 1. The summed E-state index contributed by atoms with van der Waals surface area (Å²) < 4.78 is 28.9.